The predicted octanol–water partition coefficient (Wildman–Crippen LogP) is 3.70. The summed E-state index contributed by atoms with van der Waals surface area (Å²) < 4.78 is 19.1. The summed E-state index contributed by atoms with van der Waals surface area (Å²) in [6, 6.07) is 12.1. The van der Waals surface area contributed by atoms with Crippen molar-refractivity contribution in [2.24, 2.45) is 0 Å². The Kier molecular flexibility index (Phi) is 9.45. The topological polar surface area (TPSA) is 61.9 Å². The van der Waals surface area contributed by atoms with E-state index in [0.29, 0.717) is 36.8 Å². The number of amides is 1. The predicted molar refractivity (Wildman–Crippen MR) is 132 cm³/mol. The van der Waals surface area contributed by atoms with Crippen molar-refractivity contribution in [1.82, 2.24) is 15.1 Å². The third-order valence-corrected chi connectivity index (χ3v) is 6.29. The van der Waals surface area contributed by atoms with Crippen LogP contribution >= 0.6 is 11.6 Å². The van der Waals surface area contributed by atoms with Gasteiger partial charge in [-0.1, -0.05) is 23.7 Å². The minimum atomic E-state index is -0.239. The number of carbonyl (C=O) groups is 2. The van der Waals surface area contributed by atoms with E-state index < -0.39 is 0 Å². The Morgan fingerprint density at radius 2 is 1.85 bits per heavy atom. The average molecular weight is 490 g/mol. The van der Waals surface area contributed by atoms with Crippen molar-refractivity contribution >= 4 is 23.3 Å². The lowest BCUT2D eigenvalue weighted by molar-refractivity contribution is -0.139. The molecule has 2 aromatic carbocycles. The minimum Gasteiger partial charge on any atom is -0.483 e. The molecule has 34 heavy (non-hydrogen) atoms. The Labute approximate surface area is 206 Å². The summed E-state index contributed by atoms with van der Waals surface area (Å²) in [5.41, 5.74) is 1.94. The molecular weight excluding hydrogens is 457 g/mol. The van der Waals surface area contributed by atoms with Crippen LogP contribution in [0.15, 0.2) is 42.5 Å². The molecule has 1 aliphatic heterocycles. The van der Waals surface area contributed by atoms with Gasteiger partial charge in [-0.25, -0.2) is 4.39 Å². The summed E-state index contributed by atoms with van der Waals surface area (Å²) in [6.07, 6.45) is 0.632. The van der Waals surface area contributed by atoms with Gasteiger partial charge in [0.15, 0.2) is 6.61 Å². The van der Waals surface area contributed by atoms with Crippen LogP contribution in [0.5, 0.6) is 5.75 Å². The molecule has 0 unspecified atom stereocenters. The monoisotopic (exact) mass is 489 g/mol. The third kappa shape index (κ3) is 7.52. The summed E-state index contributed by atoms with van der Waals surface area (Å²) in [4.78, 5) is 28.3. The maximum absolute atomic E-state index is 13.2. The van der Waals surface area contributed by atoms with E-state index in [1.807, 2.05) is 17.9 Å². The zero-order chi connectivity index (χ0) is 24.7. The van der Waals surface area contributed by atoms with E-state index in [0.717, 1.165) is 24.2 Å². The maximum atomic E-state index is 13.2. The van der Waals surface area contributed by atoms with Crippen LogP contribution in [0.3, 0.4) is 0 Å². The first-order chi connectivity index (χ1) is 16.2. The average Bonchev–Trinajstić information content (AvgIpc) is 2.79. The third-order valence-electron chi connectivity index (χ3n) is 6.05. The Morgan fingerprint density at radius 1 is 1.12 bits per heavy atom. The number of rotatable bonds is 10. The van der Waals surface area contributed by atoms with Crippen LogP contribution in [0.25, 0.3) is 0 Å². The first-order valence-electron chi connectivity index (χ1n) is 11.6. The standard InChI is InChI=1S/C26H33ClFN3O3/c1-18-15-31(19(2)14-30(18)16-21-4-7-24(28)8-5-21)26(33)17-34-25-9-6-23(27)12-22(25)10-11-29-13-20(3)32/h4-9,12,18-19,29H,10-11,13-17H2,1-3H3/t18-,19+/m0/s1. The van der Waals surface area contributed by atoms with Crippen LogP contribution in [-0.2, 0) is 22.6 Å². The van der Waals surface area contributed by atoms with Gasteiger partial charge in [0.1, 0.15) is 17.3 Å². The number of hydrogen-bond donors (Lipinski definition) is 1. The van der Waals surface area contributed by atoms with E-state index in [9.17, 15) is 14.0 Å². The first kappa shape index (κ1) is 26.1. The van der Waals surface area contributed by atoms with Crippen molar-refractivity contribution in [2.45, 2.75) is 45.8 Å². The van der Waals surface area contributed by atoms with Gasteiger partial charge in [-0.15, -0.1) is 0 Å². The molecule has 0 saturated carbocycles. The number of benzene rings is 2. The number of nitrogens with zero attached hydrogens (tertiary/aromatic N) is 2. The molecule has 0 aliphatic carbocycles. The van der Waals surface area contributed by atoms with Crippen molar-refractivity contribution in [2.75, 3.05) is 32.8 Å². The fourth-order valence-corrected chi connectivity index (χ4v) is 4.38. The lowest BCUT2D eigenvalue weighted by atomic mass is 10.1. The molecule has 0 spiro atoms. The molecule has 1 fully saturated rings. The van der Waals surface area contributed by atoms with E-state index in [4.69, 9.17) is 16.3 Å². The molecule has 1 heterocycles. The van der Waals surface area contributed by atoms with Gasteiger partial charge in [-0.2, -0.15) is 0 Å². The molecular formula is C26H33ClFN3O3. The van der Waals surface area contributed by atoms with Gasteiger partial charge in [0.25, 0.3) is 5.91 Å². The molecule has 8 heteroatoms. The molecule has 1 aliphatic rings. The highest BCUT2D eigenvalue weighted by Crippen LogP contribution is 2.24. The van der Waals surface area contributed by atoms with E-state index in [1.54, 1.807) is 24.3 Å². The summed E-state index contributed by atoms with van der Waals surface area (Å²) in [5.74, 6) is 0.403. The van der Waals surface area contributed by atoms with Gasteiger partial charge >= 0.3 is 0 Å². The Balaban J connectivity index is 1.54. The SMILES string of the molecule is CC(=O)CNCCc1cc(Cl)ccc1OCC(=O)N1C[C@H](C)N(Cc2ccc(F)cc2)C[C@H]1C. The zero-order valence-electron chi connectivity index (χ0n) is 20.0. The highest BCUT2D eigenvalue weighted by molar-refractivity contribution is 6.30. The highest BCUT2D eigenvalue weighted by atomic mass is 35.5. The molecule has 0 bridgehead atoms. The number of carbonyl (C=O) groups excluding carboxylic acids is 2. The second kappa shape index (κ2) is 12.3. The summed E-state index contributed by atoms with van der Waals surface area (Å²) >= 11 is 6.15. The van der Waals surface area contributed by atoms with Crippen LogP contribution in [0.4, 0.5) is 4.39 Å². The van der Waals surface area contributed by atoms with Crippen LogP contribution in [0.2, 0.25) is 5.02 Å². The quantitative estimate of drug-likeness (QED) is 0.516. The molecule has 0 radical (unpaired) electrons. The molecule has 1 amide bonds. The van der Waals surface area contributed by atoms with E-state index in [2.05, 4.69) is 17.1 Å². The van der Waals surface area contributed by atoms with Crippen LogP contribution in [0, 0.1) is 5.82 Å². The fourth-order valence-electron chi connectivity index (χ4n) is 4.18. The summed E-state index contributed by atoms with van der Waals surface area (Å²) in [5, 5.41) is 3.68. The van der Waals surface area contributed by atoms with Crippen LogP contribution in [-0.4, -0.2) is 66.4 Å². The van der Waals surface area contributed by atoms with Crippen LogP contribution in [0.1, 0.15) is 31.9 Å². The zero-order valence-corrected chi connectivity index (χ0v) is 20.8. The number of ether oxygens (including phenoxy) is 1. The van der Waals surface area contributed by atoms with E-state index in [1.165, 1.54) is 19.1 Å². The first-order valence-corrected chi connectivity index (χ1v) is 12.0. The normalized spacial score (nSPS) is 18.7. The molecule has 1 saturated heterocycles. The van der Waals surface area contributed by atoms with Crippen molar-refractivity contribution < 1.29 is 18.7 Å². The highest BCUT2D eigenvalue weighted by Gasteiger charge is 2.32. The fraction of sp³-hybridized carbons (Fsp3) is 0.462. The lowest BCUT2D eigenvalue weighted by Crippen LogP contribution is -2.58. The summed E-state index contributed by atoms with van der Waals surface area (Å²) in [7, 11) is 0. The van der Waals surface area contributed by atoms with Crippen LogP contribution < -0.4 is 10.1 Å². The van der Waals surface area contributed by atoms with Crippen molar-refractivity contribution in [3.63, 3.8) is 0 Å². The molecule has 2 atom stereocenters. The minimum absolute atomic E-state index is 0.0354. The molecule has 6 nitrogen and oxygen atoms in total. The van der Waals surface area contributed by atoms with Gasteiger partial charge in [0.05, 0.1) is 6.54 Å². The Morgan fingerprint density at radius 3 is 2.56 bits per heavy atom. The van der Waals surface area contributed by atoms with E-state index >= 15 is 0 Å². The van der Waals surface area contributed by atoms with Gasteiger partial charge < -0.3 is 15.0 Å². The molecule has 3 rings (SSSR count). The Bertz CT molecular complexity index is 986. The number of nitrogens with one attached hydrogen (secondary N) is 1. The van der Waals surface area contributed by atoms with Gasteiger partial charge in [0, 0.05) is 36.7 Å². The number of halogens is 2. The van der Waals surface area contributed by atoms with Gasteiger partial charge in [-0.05, 0) is 75.2 Å². The largest absolute Gasteiger partial charge is 0.483 e. The van der Waals surface area contributed by atoms with Gasteiger partial charge in [-0.3, -0.25) is 14.5 Å². The number of Topliss-reactive ketones (excluding diaryl/α,β-unsaturated/α-hetero) is 1. The summed E-state index contributed by atoms with van der Waals surface area (Å²) in [6.45, 7) is 8.61. The number of hydrogen-bond acceptors (Lipinski definition) is 5. The van der Waals surface area contributed by atoms with E-state index in [-0.39, 0.29) is 36.2 Å². The van der Waals surface area contributed by atoms with Crippen molar-refractivity contribution in [1.29, 1.82) is 0 Å². The molecule has 2 aromatic rings. The second-order valence-corrected chi connectivity index (χ2v) is 9.41. The van der Waals surface area contributed by atoms with Crippen molar-refractivity contribution in [3.8, 4) is 5.75 Å². The number of piperazine rings is 1. The molecule has 0 aromatic heterocycles. The lowest BCUT2D eigenvalue weighted by Gasteiger charge is -2.44. The second-order valence-electron chi connectivity index (χ2n) is 8.97. The maximum Gasteiger partial charge on any atom is 0.260 e. The molecule has 184 valence electrons. The van der Waals surface area contributed by atoms with Gasteiger partial charge in [0.2, 0.25) is 0 Å². The number of ketones is 1. The molecule has 1 N–H and O–H groups in total. The Hall–Kier alpha value is -2.48. The smallest absolute Gasteiger partial charge is 0.260 e. The van der Waals surface area contributed by atoms with Crippen molar-refractivity contribution in [3.05, 3.63) is 64.4 Å².